The van der Waals surface area contributed by atoms with Crippen LogP contribution in [0.1, 0.15) is 22.7 Å². The molecule has 1 aliphatic heterocycles. The molecule has 1 saturated heterocycles. The van der Waals surface area contributed by atoms with Crippen LogP contribution in [-0.2, 0) is 14.3 Å². The molecule has 1 amide bonds. The highest BCUT2D eigenvalue weighted by atomic mass is 16.5. The van der Waals surface area contributed by atoms with Crippen LogP contribution >= 0.6 is 0 Å². The Hall–Kier alpha value is -3.12. The van der Waals surface area contributed by atoms with Gasteiger partial charge in [-0.2, -0.15) is 0 Å². The van der Waals surface area contributed by atoms with Crippen LogP contribution in [0.2, 0.25) is 0 Å². The van der Waals surface area contributed by atoms with Crippen LogP contribution in [0.4, 0.5) is 0 Å². The highest BCUT2D eigenvalue weighted by Gasteiger charge is 2.45. The smallest absolute Gasteiger partial charge is 0.295 e. The monoisotopic (exact) mass is 381 g/mol. The lowest BCUT2D eigenvalue weighted by Crippen LogP contribution is -2.32. The summed E-state index contributed by atoms with van der Waals surface area (Å²) in [6.07, 6.45) is 0. The first-order valence-corrected chi connectivity index (χ1v) is 8.97. The molecule has 3 rings (SSSR count). The third kappa shape index (κ3) is 3.51. The molecule has 2 aromatic carbocycles. The van der Waals surface area contributed by atoms with Crippen LogP contribution in [0.5, 0.6) is 5.75 Å². The van der Waals surface area contributed by atoms with E-state index >= 15 is 0 Å². The fourth-order valence-corrected chi connectivity index (χ4v) is 3.46. The highest BCUT2D eigenvalue weighted by Crippen LogP contribution is 2.39. The van der Waals surface area contributed by atoms with Gasteiger partial charge in [0.15, 0.2) is 0 Å². The van der Waals surface area contributed by atoms with Gasteiger partial charge in [0.25, 0.3) is 11.7 Å². The van der Waals surface area contributed by atoms with Crippen LogP contribution in [0, 0.1) is 6.92 Å². The number of Topliss-reactive ketones (excluding diaryl/α,β-unsaturated/α-hetero) is 1. The second kappa shape index (κ2) is 8.27. The summed E-state index contributed by atoms with van der Waals surface area (Å²) in [7, 11) is 3.10. The molecule has 146 valence electrons. The van der Waals surface area contributed by atoms with Gasteiger partial charge in [0.05, 0.1) is 25.3 Å². The van der Waals surface area contributed by atoms with Crippen LogP contribution in [0.3, 0.4) is 0 Å². The Morgan fingerprint density at radius 2 is 1.82 bits per heavy atom. The number of carbonyl (C=O) groups is 2. The number of nitrogens with zero attached hydrogens (tertiary/aromatic N) is 1. The van der Waals surface area contributed by atoms with E-state index in [0.29, 0.717) is 11.3 Å². The number of hydrogen-bond donors (Lipinski definition) is 1. The summed E-state index contributed by atoms with van der Waals surface area (Å²) >= 11 is 0. The first-order chi connectivity index (χ1) is 13.5. The zero-order chi connectivity index (χ0) is 20.3. The molecule has 1 atom stereocenters. The largest absolute Gasteiger partial charge is 0.507 e. The van der Waals surface area contributed by atoms with Crippen molar-refractivity contribution >= 4 is 17.4 Å². The van der Waals surface area contributed by atoms with Gasteiger partial charge in [-0.05, 0) is 36.2 Å². The maximum Gasteiger partial charge on any atom is 0.295 e. The molecule has 0 aromatic heterocycles. The molecule has 6 heteroatoms. The minimum absolute atomic E-state index is 0.0804. The fraction of sp³-hybridized carbons (Fsp3) is 0.273. The van der Waals surface area contributed by atoms with Crippen molar-refractivity contribution in [2.75, 3.05) is 27.4 Å². The molecule has 1 heterocycles. The lowest BCUT2D eigenvalue weighted by Gasteiger charge is -2.25. The average Bonchev–Trinajstić information content (AvgIpc) is 2.97. The number of aliphatic hydroxyl groups is 1. The number of likely N-dealkylation sites (tertiary alicyclic amines) is 1. The minimum atomic E-state index is -0.698. The van der Waals surface area contributed by atoms with E-state index in [0.717, 1.165) is 11.1 Å². The zero-order valence-corrected chi connectivity index (χ0v) is 16.1. The quantitative estimate of drug-likeness (QED) is 0.473. The minimum Gasteiger partial charge on any atom is -0.507 e. The second-order valence-corrected chi connectivity index (χ2v) is 6.58. The number of amides is 1. The zero-order valence-electron chi connectivity index (χ0n) is 16.1. The van der Waals surface area contributed by atoms with Crippen LogP contribution < -0.4 is 4.74 Å². The lowest BCUT2D eigenvalue weighted by molar-refractivity contribution is -0.140. The van der Waals surface area contributed by atoms with E-state index in [2.05, 4.69) is 0 Å². The Morgan fingerprint density at radius 1 is 1.11 bits per heavy atom. The van der Waals surface area contributed by atoms with Crippen LogP contribution in [0.25, 0.3) is 5.76 Å². The first kappa shape index (κ1) is 19.6. The summed E-state index contributed by atoms with van der Waals surface area (Å²) in [5.41, 5.74) is 2.11. The number of hydrogen-bond acceptors (Lipinski definition) is 5. The Balaban J connectivity index is 2.15. The molecule has 0 saturated carbocycles. The molecule has 2 aromatic rings. The van der Waals surface area contributed by atoms with Gasteiger partial charge in [0.1, 0.15) is 11.5 Å². The van der Waals surface area contributed by atoms with E-state index < -0.39 is 17.7 Å². The highest BCUT2D eigenvalue weighted by molar-refractivity contribution is 6.46. The average molecular weight is 381 g/mol. The van der Waals surface area contributed by atoms with Crippen LogP contribution in [-0.4, -0.2) is 49.1 Å². The lowest BCUT2D eigenvalue weighted by atomic mass is 9.95. The molecular formula is C22H23NO5. The van der Waals surface area contributed by atoms with Crippen molar-refractivity contribution < 1.29 is 24.2 Å². The number of aliphatic hydroxyl groups excluding tert-OH is 1. The number of methoxy groups -OCH3 is 2. The fourth-order valence-electron chi connectivity index (χ4n) is 3.46. The van der Waals surface area contributed by atoms with E-state index in [9.17, 15) is 14.7 Å². The molecule has 0 aliphatic carbocycles. The van der Waals surface area contributed by atoms with E-state index in [1.54, 1.807) is 25.3 Å². The van der Waals surface area contributed by atoms with Crippen molar-refractivity contribution in [1.82, 2.24) is 4.90 Å². The van der Waals surface area contributed by atoms with Gasteiger partial charge in [-0.25, -0.2) is 0 Å². The predicted octanol–water partition coefficient (Wildman–Crippen LogP) is 3.07. The van der Waals surface area contributed by atoms with Crippen molar-refractivity contribution in [3.05, 3.63) is 70.8 Å². The Bertz CT molecular complexity index is 920. The van der Waals surface area contributed by atoms with Gasteiger partial charge in [0.2, 0.25) is 0 Å². The molecule has 0 unspecified atom stereocenters. The molecule has 28 heavy (non-hydrogen) atoms. The van der Waals surface area contributed by atoms with Gasteiger partial charge in [0, 0.05) is 19.2 Å². The van der Waals surface area contributed by atoms with Gasteiger partial charge >= 0.3 is 0 Å². The summed E-state index contributed by atoms with van der Waals surface area (Å²) < 4.78 is 10.3. The van der Waals surface area contributed by atoms with Gasteiger partial charge in [-0.3, -0.25) is 9.59 Å². The Kier molecular flexibility index (Phi) is 5.80. The van der Waals surface area contributed by atoms with Gasteiger partial charge < -0.3 is 19.5 Å². The first-order valence-electron chi connectivity index (χ1n) is 8.97. The van der Waals surface area contributed by atoms with Crippen molar-refractivity contribution in [3.63, 3.8) is 0 Å². The molecule has 1 aliphatic rings. The third-order valence-corrected chi connectivity index (χ3v) is 4.86. The molecular weight excluding hydrogens is 358 g/mol. The van der Waals surface area contributed by atoms with Gasteiger partial charge in [-0.1, -0.05) is 30.3 Å². The summed E-state index contributed by atoms with van der Waals surface area (Å²) in [5, 5.41) is 11.0. The second-order valence-electron chi connectivity index (χ2n) is 6.58. The summed E-state index contributed by atoms with van der Waals surface area (Å²) in [5.74, 6) is -0.858. The normalized spacial score (nSPS) is 18.5. The van der Waals surface area contributed by atoms with E-state index in [4.69, 9.17) is 9.47 Å². The molecule has 1 fully saturated rings. The number of aryl methyl sites for hydroxylation is 1. The van der Waals surface area contributed by atoms with Crippen molar-refractivity contribution in [1.29, 1.82) is 0 Å². The predicted molar refractivity (Wildman–Crippen MR) is 105 cm³/mol. The van der Waals surface area contributed by atoms with Gasteiger partial charge in [-0.15, -0.1) is 0 Å². The molecule has 6 nitrogen and oxygen atoms in total. The SMILES string of the molecule is COCCN1C(=O)C(=O)C(=C(O)c2ccc(OC)c(C)c2)[C@@H]1c1ccccc1. The molecule has 0 bridgehead atoms. The number of benzene rings is 2. The van der Waals surface area contributed by atoms with E-state index in [1.807, 2.05) is 37.3 Å². The summed E-state index contributed by atoms with van der Waals surface area (Å²) in [6.45, 7) is 2.39. The molecule has 1 N–H and O–H groups in total. The number of rotatable bonds is 6. The molecule has 0 spiro atoms. The maximum absolute atomic E-state index is 12.8. The van der Waals surface area contributed by atoms with E-state index in [1.165, 1.54) is 12.0 Å². The standard InChI is InChI=1S/C22H23NO5/c1-14-13-16(9-10-17(14)28-3)20(24)18-19(15-7-5-4-6-8-15)23(11-12-27-2)22(26)21(18)25/h4-10,13,19,24H,11-12H2,1-3H3/t19-/m0/s1. The Labute approximate surface area is 164 Å². The van der Waals surface area contributed by atoms with Crippen molar-refractivity contribution in [3.8, 4) is 5.75 Å². The van der Waals surface area contributed by atoms with Crippen molar-refractivity contribution in [2.24, 2.45) is 0 Å². The van der Waals surface area contributed by atoms with Crippen LogP contribution in [0.15, 0.2) is 54.1 Å². The number of ketones is 1. The summed E-state index contributed by atoms with van der Waals surface area (Å²) in [6, 6.07) is 13.7. The number of carbonyl (C=O) groups excluding carboxylic acids is 2. The topological polar surface area (TPSA) is 76.1 Å². The maximum atomic E-state index is 12.8. The molecule has 0 radical (unpaired) electrons. The third-order valence-electron chi connectivity index (χ3n) is 4.86. The van der Waals surface area contributed by atoms with E-state index in [-0.39, 0.29) is 24.5 Å². The Morgan fingerprint density at radius 3 is 2.43 bits per heavy atom. The number of ether oxygens (including phenoxy) is 2. The van der Waals surface area contributed by atoms with Crippen molar-refractivity contribution in [2.45, 2.75) is 13.0 Å². The summed E-state index contributed by atoms with van der Waals surface area (Å²) in [4.78, 5) is 26.9.